The van der Waals surface area contributed by atoms with Gasteiger partial charge in [0.2, 0.25) is 17.6 Å². The van der Waals surface area contributed by atoms with Crippen molar-refractivity contribution in [2.24, 2.45) is 17.8 Å². The van der Waals surface area contributed by atoms with Crippen molar-refractivity contribution in [2.45, 2.75) is 25.2 Å². The summed E-state index contributed by atoms with van der Waals surface area (Å²) >= 11 is 3.23. The van der Waals surface area contributed by atoms with Crippen LogP contribution in [0.1, 0.15) is 29.9 Å². The monoisotopic (exact) mass is 633 g/mol. The third kappa shape index (κ3) is 4.36. The molecular weight excluding hydrogens is 606 g/mol. The molecule has 0 aromatic heterocycles. The topological polar surface area (TPSA) is 130 Å². The van der Waals surface area contributed by atoms with Crippen molar-refractivity contribution in [3.8, 4) is 23.0 Å². The summed E-state index contributed by atoms with van der Waals surface area (Å²) in [6.45, 7) is 0.201. The van der Waals surface area contributed by atoms with Crippen molar-refractivity contribution < 1.29 is 38.9 Å². The fraction of sp³-hybridized carbons (Fsp3) is 0.312. The fourth-order valence-corrected chi connectivity index (χ4v) is 7.30. The molecule has 0 radical (unpaired) electrons. The predicted molar refractivity (Wildman–Crippen MR) is 154 cm³/mol. The molecular formula is C32H28BrNO8. The van der Waals surface area contributed by atoms with E-state index in [-0.39, 0.29) is 63.8 Å². The lowest BCUT2D eigenvalue weighted by molar-refractivity contribution is -0.140. The number of nitrogens with zero attached hydrogens (tertiary/aromatic N) is 1. The second-order valence-electron chi connectivity index (χ2n) is 10.9. The number of phenolic OH excluding ortho intramolecular Hbond substituents is 2. The molecule has 6 rings (SSSR count). The van der Waals surface area contributed by atoms with E-state index in [4.69, 9.17) is 9.47 Å². The van der Waals surface area contributed by atoms with Gasteiger partial charge < -0.3 is 19.7 Å². The van der Waals surface area contributed by atoms with Crippen LogP contribution in [-0.2, 0) is 25.6 Å². The minimum absolute atomic E-state index is 0.137. The van der Waals surface area contributed by atoms with Gasteiger partial charge in [-0.3, -0.25) is 24.1 Å². The Morgan fingerprint density at radius 1 is 0.952 bits per heavy atom. The van der Waals surface area contributed by atoms with Crippen LogP contribution in [0.15, 0.2) is 69.8 Å². The Hall–Kier alpha value is -4.18. The lowest BCUT2D eigenvalue weighted by Gasteiger charge is -2.42. The van der Waals surface area contributed by atoms with Crippen LogP contribution >= 0.6 is 15.9 Å². The summed E-state index contributed by atoms with van der Waals surface area (Å²) in [5, 5.41) is 20.1. The van der Waals surface area contributed by atoms with Crippen molar-refractivity contribution in [1.82, 2.24) is 4.90 Å². The number of rotatable bonds is 6. The van der Waals surface area contributed by atoms with Gasteiger partial charge in [-0.2, -0.15) is 0 Å². The van der Waals surface area contributed by atoms with Crippen LogP contribution in [0, 0.1) is 17.8 Å². The minimum Gasteiger partial charge on any atom is -0.508 e. The Labute approximate surface area is 250 Å². The Morgan fingerprint density at radius 3 is 2.26 bits per heavy atom. The van der Waals surface area contributed by atoms with E-state index >= 15 is 0 Å². The number of aromatic hydroxyl groups is 2. The third-order valence-corrected chi connectivity index (χ3v) is 9.41. The predicted octanol–water partition coefficient (Wildman–Crippen LogP) is 4.12. The maximum atomic E-state index is 13.9. The van der Waals surface area contributed by atoms with Crippen LogP contribution in [0.3, 0.4) is 0 Å². The number of allylic oxidation sites excluding steroid dienone is 6. The first-order valence-electron chi connectivity index (χ1n) is 13.6. The Bertz CT molecular complexity index is 1610. The van der Waals surface area contributed by atoms with Gasteiger partial charge in [0.1, 0.15) is 5.75 Å². The number of halogens is 1. The minimum atomic E-state index is -0.703. The molecule has 2 amide bonds. The zero-order valence-electron chi connectivity index (χ0n) is 22.9. The number of fused-ring (bicyclic) bond motifs is 3. The first kappa shape index (κ1) is 28.0. The molecule has 216 valence electrons. The molecule has 2 aromatic carbocycles. The standard InChI is InChI=1S/C32H28BrNO8/c1-41-24-11-16(12-25(42-2)30(24)38)26-18-7-8-19-27(20(18)13-21-28(26)23(36)14-22(33)29(21)37)32(40)34(31(19)39)10-9-15-3-5-17(35)6-4-15/h3-7,11-12,14,19-20,26-27,35,38H,8-10,13H2,1-2H3/t19-,20+,26-,27-/m0/s1. The second kappa shape index (κ2) is 10.6. The highest BCUT2D eigenvalue weighted by atomic mass is 79.9. The highest BCUT2D eigenvalue weighted by molar-refractivity contribution is 9.12. The van der Waals surface area contributed by atoms with E-state index in [1.165, 1.54) is 25.2 Å². The van der Waals surface area contributed by atoms with Gasteiger partial charge in [-0.05, 0) is 76.5 Å². The van der Waals surface area contributed by atoms with Crippen molar-refractivity contribution in [1.29, 1.82) is 0 Å². The smallest absolute Gasteiger partial charge is 0.233 e. The van der Waals surface area contributed by atoms with Crippen LogP contribution in [0.4, 0.5) is 0 Å². The summed E-state index contributed by atoms with van der Waals surface area (Å²) in [5.41, 5.74) is 2.87. The largest absolute Gasteiger partial charge is 0.508 e. The number of hydrogen-bond acceptors (Lipinski definition) is 8. The van der Waals surface area contributed by atoms with Gasteiger partial charge in [0.25, 0.3) is 0 Å². The molecule has 1 saturated heterocycles. The molecule has 9 nitrogen and oxygen atoms in total. The lowest BCUT2D eigenvalue weighted by Crippen LogP contribution is -2.39. The SMILES string of the molecule is COc1cc([C@H]2C3=CC[C@@H]4C(=O)N(CCc5ccc(O)cc5)C(=O)[C@@H]4[C@@H]3CC3=C2C(=O)C=C(Br)C3=O)cc(OC)c1O. The number of phenols is 2. The molecule has 4 aliphatic rings. The quantitative estimate of drug-likeness (QED) is 0.276. The van der Waals surface area contributed by atoms with Gasteiger partial charge in [0.15, 0.2) is 23.1 Å². The zero-order chi connectivity index (χ0) is 29.9. The Kier molecular flexibility index (Phi) is 7.04. The number of hydrogen-bond donors (Lipinski definition) is 2. The van der Waals surface area contributed by atoms with Crippen molar-refractivity contribution in [3.05, 3.63) is 80.9 Å². The molecule has 1 aliphatic heterocycles. The van der Waals surface area contributed by atoms with Gasteiger partial charge in [-0.1, -0.05) is 23.8 Å². The van der Waals surface area contributed by atoms with Gasteiger partial charge in [-0.25, -0.2) is 0 Å². The summed E-state index contributed by atoms with van der Waals surface area (Å²) < 4.78 is 10.9. The molecule has 0 bridgehead atoms. The number of likely N-dealkylation sites (tertiary alicyclic amines) is 1. The van der Waals surface area contributed by atoms with E-state index in [9.17, 15) is 29.4 Å². The van der Waals surface area contributed by atoms with E-state index in [0.29, 0.717) is 29.6 Å². The van der Waals surface area contributed by atoms with Crippen LogP contribution in [0.2, 0.25) is 0 Å². The van der Waals surface area contributed by atoms with E-state index < -0.39 is 23.7 Å². The maximum absolute atomic E-state index is 13.9. The van der Waals surface area contributed by atoms with Crippen molar-refractivity contribution in [3.63, 3.8) is 0 Å². The first-order valence-corrected chi connectivity index (χ1v) is 14.4. The van der Waals surface area contributed by atoms with E-state index in [1.54, 1.807) is 36.4 Å². The van der Waals surface area contributed by atoms with Crippen LogP contribution in [0.25, 0.3) is 0 Å². The molecule has 2 aromatic rings. The van der Waals surface area contributed by atoms with Gasteiger partial charge in [-0.15, -0.1) is 0 Å². The number of benzene rings is 2. The molecule has 10 heteroatoms. The van der Waals surface area contributed by atoms with Gasteiger partial charge in [0, 0.05) is 29.7 Å². The molecule has 0 unspecified atom stereocenters. The van der Waals surface area contributed by atoms with Crippen molar-refractivity contribution >= 4 is 39.3 Å². The summed E-state index contributed by atoms with van der Waals surface area (Å²) in [6, 6.07) is 9.86. The van der Waals surface area contributed by atoms with Crippen LogP contribution in [-0.4, -0.2) is 59.3 Å². The van der Waals surface area contributed by atoms with E-state index in [0.717, 1.165) is 11.1 Å². The number of carbonyl (C=O) groups excluding carboxylic acids is 4. The number of Topliss-reactive ketones (excluding diaryl/α,β-unsaturated/α-hetero) is 1. The highest BCUT2D eigenvalue weighted by Crippen LogP contribution is 2.56. The first-order chi connectivity index (χ1) is 20.1. The zero-order valence-corrected chi connectivity index (χ0v) is 24.5. The van der Waals surface area contributed by atoms with E-state index in [1.807, 2.05) is 6.08 Å². The Morgan fingerprint density at radius 2 is 1.62 bits per heavy atom. The van der Waals surface area contributed by atoms with Crippen LogP contribution in [0.5, 0.6) is 23.0 Å². The van der Waals surface area contributed by atoms with Crippen LogP contribution < -0.4 is 9.47 Å². The number of imide groups is 1. The maximum Gasteiger partial charge on any atom is 0.233 e. The molecule has 1 heterocycles. The summed E-state index contributed by atoms with van der Waals surface area (Å²) in [7, 11) is 2.81. The molecule has 0 spiro atoms. The van der Waals surface area contributed by atoms with Crippen molar-refractivity contribution in [2.75, 3.05) is 20.8 Å². The van der Waals surface area contributed by atoms with E-state index in [2.05, 4.69) is 15.9 Å². The van der Waals surface area contributed by atoms with Gasteiger partial charge in [0.05, 0.1) is 30.5 Å². The summed E-state index contributed by atoms with van der Waals surface area (Å²) in [5.74, 6) is -3.38. The molecule has 1 fully saturated rings. The molecule has 42 heavy (non-hydrogen) atoms. The number of methoxy groups -OCH3 is 2. The average Bonchev–Trinajstić information content (AvgIpc) is 3.23. The third-order valence-electron chi connectivity index (χ3n) is 8.82. The summed E-state index contributed by atoms with van der Waals surface area (Å²) in [6.07, 6.45) is 4.13. The molecule has 4 atom stereocenters. The van der Waals surface area contributed by atoms with Gasteiger partial charge >= 0.3 is 0 Å². The normalized spacial score (nSPS) is 25.1. The summed E-state index contributed by atoms with van der Waals surface area (Å²) in [4.78, 5) is 55.6. The molecule has 2 N–H and O–H groups in total. The molecule has 0 saturated carbocycles. The number of carbonyl (C=O) groups is 4. The second-order valence-corrected chi connectivity index (χ2v) is 11.8. The fourth-order valence-electron chi connectivity index (χ4n) is 6.86. The average molecular weight is 634 g/mol. The molecule has 3 aliphatic carbocycles. The highest BCUT2D eigenvalue weighted by Gasteiger charge is 2.56. The number of ether oxygens (including phenoxy) is 2. The lowest BCUT2D eigenvalue weighted by atomic mass is 9.59. The Balaban J connectivity index is 1.41. The number of amides is 2. The number of ketones is 2.